The topological polar surface area (TPSA) is 81.1 Å². The van der Waals surface area contributed by atoms with Gasteiger partial charge in [0.2, 0.25) is 0 Å². The van der Waals surface area contributed by atoms with Gasteiger partial charge >= 0.3 is 0 Å². The van der Waals surface area contributed by atoms with Crippen LogP contribution in [0.25, 0.3) is 0 Å². The molecule has 1 amide bonds. The first-order valence-corrected chi connectivity index (χ1v) is 10.5. The summed E-state index contributed by atoms with van der Waals surface area (Å²) in [4.78, 5) is 12.6. The first-order valence-electron chi connectivity index (χ1n) is 8.45. The van der Waals surface area contributed by atoms with E-state index in [9.17, 15) is 13.2 Å². The van der Waals surface area contributed by atoms with Crippen molar-refractivity contribution in [3.05, 3.63) is 83.0 Å². The lowest BCUT2D eigenvalue weighted by molar-refractivity contribution is 0.102. The van der Waals surface area contributed by atoms with Gasteiger partial charge in [-0.25, -0.2) is 13.1 Å². The SMILES string of the molecule is Cc1cccc(Cn2nccc2NC(=O)c2cccc(CS(C)(=O)=O)c2)c1. The largest absolute Gasteiger partial charge is 0.307 e. The third kappa shape index (κ3) is 5.27. The summed E-state index contributed by atoms with van der Waals surface area (Å²) < 4.78 is 24.7. The summed E-state index contributed by atoms with van der Waals surface area (Å²) in [6.45, 7) is 2.57. The zero-order chi connectivity index (χ0) is 19.4. The summed E-state index contributed by atoms with van der Waals surface area (Å²) in [6.07, 6.45) is 2.80. The first kappa shape index (κ1) is 18.8. The number of nitrogens with one attached hydrogen (secondary N) is 1. The molecular formula is C20H21N3O3S. The van der Waals surface area contributed by atoms with E-state index in [0.717, 1.165) is 11.1 Å². The van der Waals surface area contributed by atoms with Crippen LogP contribution in [-0.4, -0.2) is 30.4 Å². The zero-order valence-corrected chi connectivity index (χ0v) is 16.0. The van der Waals surface area contributed by atoms with Crippen molar-refractivity contribution in [1.82, 2.24) is 9.78 Å². The summed E-state index contributed by atoms with van der Waals surface area (Å²) >= 11 is 0. The number of benzene rings is 2. The van der Waals surface area contributed by atoms with E-state index in [1.807, 2.05) is 25.1 Å². The summed E-state index contributed by atoms with van der Waals surface area (Å²) in [7, 11) is -3.16. The molecule has 6 nitrogen and oxygen atoms in total. The van der Waals surface area contributed by atoms with Crippen molar-refractivity contribution < 1.29 is 13.2 Å². The number of aromatic nitrogens is 2. The number of carbonyl (C=O) groups is 1. The van der Waals surface area contributed by atoms with E-state index in [4.69, 9.17) is 0 Å². The lowest BCUT2D eigenvalue weighted by Crippen LogP contribution is -2.16. The van der Waals surface area contributed by atoms with Crippen LogP contribution in [-0.2, 0) is 22.1 Å². The quantitative estimate of drug-likeness (QED) is 0.709. The van der Waals surface area contributed by atoms with Gasteiger partial charge in [0.05, 0.1) is 18.5 Å². The maximum Gasteiger partial charge on any atom is 0.256 e. The van der Waals surface area contributed by atoms with E-state index < -0.39 is 9.84 Å². The second-order valence-corrected chi connectivity index (χ2v) is 8.73. The van der Waals surface area contributed by atoms with Crippen molar-refractivity contribution in [2.75, 3.05) is 11.6 Å². The Morgan fingerprint density at radius 2 is 1.81 bits per heavy atom. The molecule has 1 aromatic heterocycles. The normalized spacial score (nSPS) is 11.3. The molecule has 0 bridgehead atoms. The minimum Gasteiger partial charge on any atom is -0.307 e. The van der Waals surface area contributed by atoms with Gasteiger partial charge in [-0.15, -0.1) is 0 Å². The molecule has 3 aromatic rings. The molecule has 0 aliphatic heterocycles. The van der Waals surface area contributed by atoms with Crippen LogP contribution in [0.5, 0.6) is 0 Å². The number of hydrogen-bond donors (Lipinski definition) is 1. The minimum atomic E-state index is -3.16. The Balaban J connectivity index is 1.76. The molecule has 0 atom stereocenters. The standard InChI is InChI=1S/C20H21N3O3S/c1-15-5-3-6-16(11-15)13-23-19(9-10-21-23)22-20(24)18-8-4-7-17(12-18)14-27(2,25)26/h3-12H,13-14H2,1-2H3,(H,22,24). The molecular weight excluding hydrogens is 362 g/mol. The molecule has 0 saturated carbocycles. The number of carbonyl (C=O) groups excluding carboxylic acids is 1. The van der Waals surface area contributed by atoms with Crippen LogP contribution in [0.1, 0.15) is 27.0 Å². The number of nitrogens with zero attached hydrogens (tertiary/aromatic N) is 2. The molecule has 2 aromatic carbocycles. The molecule has 140 valence electrons. The molecule has 0 radical (unpaired) electrons. The number of amides is 1. The fourth-order valence-corrected chi connectivity index (χ4v) is 3.63. The van der Waals surface area contributed by atoms with Crippen LogP contribution >= 0.6 is 0 Å². The van der Waals surface area contributed by atoms with Crippen LogP contribution in [0.3, 0.4) is 0 Å². The zero-order valence-electron chi connectivity index (χ0n) is 15.2. The number of sulfone groups is 1. The van der Waals surface area contributed by atoms with Crippen molar-refractivity contribution in [3.8, 4) is 0 Å². The second-order valence-electron chi connectivity index (χ2n) is 6.59. The molecule has 0 aliphatic carbocycles. The Morgan fingerprint density at radius 1 is 1.07 bits per heavy atom. The van der Waals surface area contributed by atoms with Gasteiger partial charge in [-0.2, -0.15) is 5.10 Å². The van der Waals surface area contributed by atoms with Crippen molar-refractivity contribution in [3.63, 3.8) is 0 Å². The van der Waals surface area contributed by atoms with Gasteiger partial charge in [0.25, 0.3) is 5.91 Å². The summed E-state index contributed by atoms with van der Waals surface area (Å²) in [5, 5.41) is 7.12. The number of anilines is 1. The average Bonchev–Trinajstić information content (AvgIpc) is 3.00. The van der Waals surface area contributed by atoms with Gasteiger partial charge < -0.3 is 5.32 Å². The predicted octanol–water partition coefficient (Wildman–Crippen LogP) is 3.04. The highest BCUT2D eigenvalue weighted by molar-refractivity contribution is 7.89. The Hall–Kier alpha value is -2.93. The maximum atomic E-state index is 12.6. The molecule has 0 unspecified atom stereocenters. The molecule has 0 aliphatic rings. The molecule has 7 heteroatoms. The monoisotopic (exact) mass is 383 g/mol. The summed E-state index contributed by atoms with van der Waals surface area (Å²) in [5.74, 6) is 0.172. The first-order chi connectivity index (χ1) is 12.8. The van der Waals surface area contributed by atoms with E-state index in [1.54, 1.807) is 41.2 Å². The minimum absolute atomic E-state index is 0.0978. The van der Waals surface area contributed by atoms with E-state index in [-0.39, 0.29) is 11.7 Å². The third-order valence-electron chi connectivity index (χ3n) is 3.99. The number of aryl methyl sites for hydroxylation is 1. The lowest BCUT2D eigenvalue weighted by Gasteiger charge is -2.10. The average molecular weight is 383 g/mol. The molecule has 1 heterocycles. The molecule has 0 saturated heterocycles. The highest BCUT2D eigenvalue weighted by Crippen LogP contribution is 2.14. The smallest absolute Gasteiger partial charge is 0.256 e. The Labute approximate surface area is 158 Å². The molecule has 0 fully saturated rings. The van der Waals surface area contributed by atoms with Gasteiger partial charge in [0, 0.05) is 17.9 Å². The Morgan fingerprint density at radius 3 is 2.56 bits per heavy atom. The van der Waals surface area contributed by atoms with Crippen molar-refractivity contribution in [1.29, 1.82) is 0 Å². The van der Waals surface area contributed by atoms with Crippen molar-refractivity contribution >= 4 is 21.6 Å². The highest BCUT2D eigenvalue weighted by Gasteiger charge is 2.12. The molecule has 0 spiro atoms. The van der Waals surface area contributed by atoms with Crippen LogP contribution in [0.15, 0.2) is 60.8 Å². The Bertz CT molecular complexity index is 1070. The van der Waals surface area contributed by atoms with Crippen molar-refractivity contribution in [2.24, 2.45) is 0 Å². The number of rotatable bonds is 6. The van der Waals surface area contributed by atoms with E-state index in [2.05, 4.69) is 16.5 Å². The molecule has 27 heavy (non-hydrogen) atoms. The molecule has 1 N–H and O–H groups in total. The highest BCUT2D eigenvalue weighted by atomic mass is 32.2. The molecule has 3 rings (SSSR count). The second kappa shape index (κ2) is 7.75. The van der Waals surface area contributed by atoms with Gasteiger partial charge in [-0.1, -0.05) is 42.0 Å². The van der Waals surface area contributed by atoms with Crippen LogP contribution in [0.2, 0.25) is 0 Å². The maximum absolute atomic E-state index is 12.6. The van der Waals surface area contributed by atoms with Gasteiger partial charge in [0.15, 0.2) is 9.84 Å². The van der Waals surface area contributed by atoms with Crippen molar-refractivity contribution in [2.45, 2.75) is 19.2 Å². The van der Waals surface area contributed by atoms with E-state index in [0.29, 0.717) is 23.5 Å². The fraction of sp³-hybridized carbons (Fsp3) is 0.200. The van der Waals surface area contributed by atoms with Crippen LogP contribution in [0.4, 0.5) is 5.82 Å². The van der Waals surface area contributed by atoms with Crippen LogP contribution in [0, 0.1) is 6.92 Å². The fourth-order valence-electron chi connectivity index (χ4n) is 2.84. The summed E-state index contributed by atoms with van der Waals surface area (Å²) in [6, 6.07) is 16.4. The van der Waals surface area contributed by atoms with Gasteiger partial charge in [-0.3, -0.25) is 4.79 Å². The summed E-state index contributed by atoms with van der Waals surface area (Å²) in [5.41, 5.74) is 3.23. The van der Waals surface area contributed by atoms with Gasteiger partial charge in [-0.05, 0) is 30.2 Å². The predicted molar refractivity (Wildman–Crippen MR) is 105 cm³/mol. The lowest BCUT2D eigenvalue weighted by atomic mass is 10.1. The van der Waals surface area contributed by atoms with E-state index >= 15 is 0 Å². The third-order valence-corrected chi connectivity index (χ3v) is 4.85. The van der Waals surface area contributed by atoms with Crippen LogP contribution < -0.4 is 5.32 Å². The Kier molecular flexibility index (Phi) is 5.41. The number of hydrogen-bond acceptors (Lipinski definition) is 4. The van der Waals surface area contributed by atoms with Gasteiger partial charge in [0.1, 0.15) is 5.82 Å². The van der Waals surface area contributed by atoms with E-state index in [1.165, 1.54) is 6.26 Å².